The lowest BCUT2D eigenvalue weighted by Gasteiger charge is -2.42. The second-order valence-corrected chi connectivity index (χ2v) is 25.8. The fraction of sp³-hybridized carbons (Fsp3) is 0.354. The SMILES string of the molecule is CC(C)(C)c1ccc(Nc2cc3c(cc2-c2c4c5c(c6cc7c(cc6n5-c5cc6c(cc5[B]4)-c4ccccc4C6(C)C)C(C)(C)CCC7(C)C)c4oc5ccccc5c24)C(C)(C)CCC3(C)C)cc1. The third-order valence-electron chi connectivity index (χ3n) is 18.1. The number of hydrogen-bond acceptors (Lipinski definition) is 2. The largest absolute Gasteiger partial charge is 0.455 e. The van der Waals surface area contributed by atoms with E-state index >= 15 is 0 Å². The van der Waals surface area contributed by atoms with Gasteiger partial charge in [-0.3, -0.25) is 0 Å². The molecule has 4 aliphatic rings. The summed E-state index contributed by atoms with van der Waals surface area (Å²) in [6, 6.07) is 42.4. The number of furan rings is 1. The maximum Gasteiger partial charge on any atom is 0.197 e. The minimum Gasteiger partial charge on any atom is -0.455 e. The van der Waals surface area contributed by atoms with Crippen LogP contribution in [0.1, 0.15) is 155 Å². The monoisotopic (exact) mass is 902 g/mol. The maximum atomic E-state index is 7.39. The van der Waals surface area contributed by atoms with Crippen LogP contribution in [0.15, 0.2) is 114 Å². The van der Waals surface area contributed by atoms with E-state index in [0.29, 0.717) is 0 Å². The second-order valence-electron chi connectivity index (χ2n) is 25.8. The van der Waals surface area contributed by atoms with Crippen LogP contribution in [0, 0.1) is 0 Å². The lowest BCUT2D eigenvalue weighted by Crippen LogP contribution is -2.38. The molecule has 0 saturated heterocycles. The van der Waals surface area contributed by atoms with Gasteiger partial charge in [-0.15, -0.1) is 0 Å². The molecule has 1 aliphatic heterocycles. The first kappa shape index (κ1) is 43.1. The van der Waals surface area contributed by atoms with E-state index in [1.165, 1.54) is 105 Å². The van der Waals surface area contributed by atoms with Gasteiger partial charge in [-0.1, -0.05) is 156 Å². The molecule has 0 fully saturated rings. The molecule has 1 radical (unpaired) electrons. The molecule has 0 bridgehead atoms. The van der Waals surface area contributed by atoms with Gasteiger partial charge in [0.15, 0.2) is 7.28 Å². The van der Waals surface area contributed by atoms with Crippen molar-refractivity contribution in [2.75, 3.05) is 5.32 Å². The Labute approximate surface area is 410 Å². The molecule has 1 N–H and O–H groups in total. The van der Waals surface area contributed by atoms with Crippen LogP contribution in [0.5, 0.6) is 0 Å². The lowest BCUT2D eigenvalue weighted by molar-refractivity contribution is 0.332. The highest BCUT2D eigenvalue weighted by molar-refractivity contribution is 6.74. The van der Waals surface area contributed by atoms with E-state index in [4.69, 9.17) is 4.42 Å². The predicted molar refractivity (Wildman–Crippen MR) is 295 cm³/mol. The number of nitrogens with zero attached hydrogens (tertiary/aromatic N) is 1. The first-order valence-corrected chi connectivity index (χ1v) is 25.8. The number of rotatable bonds is 3. The van der Waals surface area contributed by atoms with Crippen LogP contribution in [0.3, 0.4) is 0 Å². The molecule has 7 aromatic carbocycles. The molecule has 0 amide bonds. The van der Waals surface area contributed by atoms with Crippen LogP contribution in [0.25, 0.3) is 71.7 Å². The third-order valence-corrected chi connectivity index (χ3v) is 18.1. The molecular weight excluding hydrogens is 836 g/mol. The van der Waals surface area contributed by atoms with Crippen molar-refractivity contribution in [2.45, 2.75) is 148 Å². The molecule has 345 valence electrons. The van der Waals surface area contributed by atoms with Crippen molar-refractivity contribution < 1.29 is 4.42 Å². The fourth-order valence-corrected chi connectivity index (χ4v) is 13.6. The quantitative estimate of drug-likeness (QED) is 0.179. The average Bonchev–Trinajstić information content (AvgIpc) is 3.92. The van der Waals surface area contributed by atoms with Crippen LogP contribution in [0.4, 0.5) is 11.4 Å². The highest BCUT2D eigenvalue weighted by Gasteiger charge is 2.43. The highest BCUT2D eigenvalue weighted by Crippen LogP contribution is 2.55. The van der Waals surface area contributed by atoms with E-state index in [0.717, 1.165) is 53.6 Å². The van der Waals surface area contributed by atoms with E-state index in [1.807, 2.05) is 0 Å². The van der Waals surface area contributed by atoms with Gasteiger partial charge < -0.3 is 14.3 Å². The lowest BCUT2D eigenvalue weighted by atomic mass is 9.57. The van der Waals surface area contributed by atoms with Crippen LogP contribution in [0.2, 0.25) is 0 Å². The van der Waals surface area contributed by atoms with E-state index in [-0.39, 0.29) is 32.5 Å². The third kappa shape index (κ3) is 5.93. The van der Waals surface area contributed by atoms with Crippen molar-refractivity contribution in [1.82, 2.24) is 4.57 Å². The maximum absolute atomic E-state index is 7.39. The number of fused-ring (bicyclic) bond motifs is 14. The van der Waals surface area contributed by atoms with Gasteiger partial charge >= 0.3 is 0 Å². The Bertz CT molecular complexity index is 3730. The Morgan fingerprint density at radius 2 is 1.16 bits per heavy atom. The summed E-state index contributed by atoms with van der Waals surface area (Å²) in [6.45, 7) is 31.4. The average molecular weight is 902 g/mol. The van der Waals surface area contributed by atoms with Gasteiger partial charge in [0.05, 0.1) is 16.4 Å². The molecule has 0 saturated carbocycles. The molecule has 13 rings (SSSR count). The first-order chi connectivity index (χ1) is 32.5. The van der Waals surface area contributed by atoms with Gasteiger partial charge in [-0.05, 0) is 162 Å². The Balaban J connectivity index is 1.21. The van der Waals surface area contributed by atoms with E-state index in [1.54, 1.807) is 0 Å². The zero-order valence-corrected chi connectivity index (χ0v) is 43.2. The number of anilines is 2. The Morgan fingerprint density at radius 1 is 0.551 bits per heavy atom. The van der Waals surface area contributed by atoms with Crippen molar-refractivity contribution in [2.24, 2.45) is 0 Å². The van der Waals surface area contributed by atoms with E-state index in [2.05, 4.69) is 216 Å². The first-order valence-electron chi connectivity index (χ1n) is 25.8. The summed E-state index contributed by atoms with van der Waals surface area (Å²) in [4.78, 5) is 0. The molecule has 9 aromatic rings. The summed E-state index contributed by atoms with van der Waals surface area (Å²) < 4.78 is 10.1. The van der Waals surface area contributed by atoms with E-state index < -0.39 is 0 Å². The van der Waals surface area contributed by atoms with Crippen LogP contribution in [-0.2, 0) is 32.5 Å². The van der Waals surface area contributed by atoms with Gasteiger partial charge in [0.25, 0.3) is 0 Å². The van der Waals surface area contributed by atoms with Gasteiger partial charge in [0.2, 0.25) is 0 Å². The van der Waals surface area contributed by atoms with Crippen molar-refractivity contribution in [1.29, 1.82) is 0 Å². The molecule has 3 heterocycles. The number of aromatic nitrogens is 1. The van der Waals surface area contributed by atoms with Crippen LogP contribution in [-0.4, -0.2) is 11.8 Å². The minimum atomic E-state index is -0.141. The summed E-state index contributed by atoms with van der Waals surface area (Å²) in [5.74, 6) is 0. The molecule has 3 aliphatic carbocycles. The Morgan fingerprint density at radius 3 is 1.84 bits per heavy atom. The smallest absolute Gasteiger partial charge is 0.197 e. The van der Waals surface area contributed by atoms with Crippen molar-refractivity contribution >= 4 is 73.3 Å². The molecule has 0 spiro atoms. The predicted octanol–water partition coefficient (Wildman–Crippen LogP) is 16.4. The standard InChI is InChI=1S/C65H66BN2O/c1-60(2,3)36-22-24-37(25-23-36)67-50-33-47-45(61(4,5)26-28-63(47,8)9)30-41(50)54-55-39-19-15-17-21-53(39)69-59(55)56-42-31-46-48(64(10,11)29-27-62(46,6)7)35-51(42)68-52-34-44-40(32-49(52)66-57(54)58(56)68)38-18-14-16-20-43(38)65(44,12)13/h14-25,30-35,67H,26-29H2,1-13H3. The van der Waals surface area contributed by atoms with Gasteiger partial charge in [0, 0.05) is 44.2 Å². The normalized spacial score (nSPS) is 18.7. The summed E-state index contributed by atoms with van der Waals surface area (Å²) in [5.41, 5.74) is 25.5. The zero-order valence-electron chi connectivity index (χ0n) is 43.2. The molecule has 0 atom stereocenters. The highest BCUT2D eigenvalue weighted by atomic mass is 16.3. The number of nitrogens with one attached hydrogen (secondary N) is 1. The van der Waals surface area contributed by atoms with E-state index in [9.17, 15) is 0 Å². The summed E-state index contributed by atoms with van der Waals surface area (Å²) >= 11 is 0. The zero-order chi connectivity index (χ0) is 48.1. The molecule has 4 heteroatoms. The minimum absolute atomic E-state index is 0.00393. The second kappa shape index (κ2) is 13.7. The molecule has 3 nitrogen and oxygen atoms in total. The van der Waals surface area contributed by atoms with Crippen LogP contribution >= 0.6 is 0 Å². The summed E-state index contributed by atoms with van der Waals surface area (Å²) in [6.07, 6.45) is 4.60. The summed E-state index contributed by atoms with van der Waals surface area (Å²) in [7, 11) is 2.56. The van der Waals surface area contributed by atoms with Crippen molar-refractivity contribution in [3.63, 3.8) is 0 Å². The number of hydrogen-bond donors (Lipinski definition) is 1. The fourth-order valence-electron chi connectivity index (χ4n) is 13.6. The van der Waals surface area contributed by atoms with Crippen molar-refractivity contribution in [3.8, 4) is 27.9 Å². The number of benzene rings is 7. The molecular formula is C65H66BN2O. The Kier molecular flexibility index (Phi) is 8.52. The van der Waals surface area contributed by atoms with Crippen molar-refractivity contribution in [3.05, 3.63) is 148 Å². The van der Waals surface area contributed by atoms with Gasteiger partial charge in [0.1, 0.15) is 11.2 Å². The molecule has 2 aromatic heterocycles. The van der Waals surface area contributed by atoms with Gasteiger partial charge in [-0.25, -0.2) is 0 Å². The number of para-hydroxylation sites is 1. The summed E-state index contributed by atoms with van der Waals surface area (Å²) in [5, 5.41) is 8.95. The molecule has 69 heavy (non-hydrogen) atoms. The molecule has 0 unspecified atom stereocenters. The topological polar surface area (TPSA) is 30.1 Å². The van der Waals surface area contributed by atoms with Gasteiger partial charge in [-0.2, -0.15) is 0 Å². The Hall–Kier alpha value is -6.00. The van der Waals surface area contributed by atoms with Crippen LogP contribution < -0.4 is 16.2 Å².